The van der Waals surface area contributed by atoms with Crippen LogP contribution in [0, 0.1) is 11.3 Å². The third-order valence-corrected chi connectivity index (χ3v) is 3.44. The zero-order valence-corrected chi connectivity index (χ0v) is 12.0. The van der Waals surface area contributed by atoms with E-state index < -0.39 is 0 Å². The van der Waals surface area contributed by atoms with Crippen molar-refractivity contribution in [2.24, 2.45) is 0 Å². The Kier molecular flexibility index (Phi) is 5.41. The average molecular weight is 288 g/mol. The van der Waals surface area contributed by atoms with Crippen LogP contribution in [0.25, 0.3) is 0 Å². The lowest BCUT2D eigenvalue weighted by molar-refractivity contribution is -0.134. The number of carbonyl (C=O) groups is 1. The van der Waals surface area contributed by atoms with Crippen LogP contribution in [0.5, 0.6) is 0 Å². The van der Waals surface area contributed by atoms with E-state index in [1.807, 2.05) is 17.0 Å². The Bertz CT molecular complexity index is 533. The lowest BCUT2D eigenvalue weighted by Crippen LogP contribution is -2.41. The molecule has 1 aromatic carbocycles. The quantitative estimate of drug-likeness (QED) is 0.789. The van der Waals surface area contributed by atoms with Crippen LogP contribution in [0.15, 0.2) is 18.2 Å². The molecule has 0 radical (unpaired) electrons. The second-order valence-corrected chi connectivity index (χ2v) is 4.92. The molecule has 0 atom stereocenters. The smallest absolute Gasteiger partial charge is 0.224 e. The molecule has 1 aliphatic rings. The van der Waals surface area contributed by atoms with Gasteiger partial charge in [0.05, 0.1) is 25.7 Å². The summed E-state index contributed by atoms with van der Waals surface area (Å²) in [6.07, 6.45) is 0.728. The molecular weight excluding hydrogens is 268 g/mol. The summed E-state index contributed by atoms with van der Waals surface area (Å²) in [5.74, 6) is 0.137. The molecule has 0 aliphatic carbocycles. The molecule has 2 rings (SSSR count). The molecule has 1 aromatic rings. The highest BCUT2D eigenvalue weighted by Crippen LogP contribution is 2.18. The fourth-order valence-electron chi connectivity index (χ4n) is 2.24. The van der Waals surface area contributed by atoms with Crippen molar-refractivity contribution in [1.29, 1.82) is 5.26 Å². The minimum atomic E-state index is 0.137. The van der Waals surface area contributed by atoms with Crippen molar-refractivity contribution in [1.82, 2.24) is 4.90 Å². The maximum absolute atomic E-state index is 12.0. The SMILES string of the molecule is N#CCc1cc(NCCC(=O)N2CCOCC2)ccc1N. The fourth-order valence-corrected chi connectivity index (χ4v) is 2.24. The number of nitrogens with zero attached hydrogens (tertiary/aromatic N) is 2. The van der Waals surface area contributed by atoms with Crippen LogP contribution in [0.3, 0.4) is 0 Å². The van der Waals surface area contributed by atoms with Crippen LogP contribution in [-0.4, -0.2) is 43.7 Å². The van der Waals surface area contributed by atoms with Crippen LogP contribution in [0.1, 0.15) is 12.0 Å². The van der Waals surface area contributed by atoms with Gasteiger partial charge in [0.15, 0.2) is 0 Å². The average Bonchev–Trinajstić information content (AvgIpc) is 2.51. The molecule has 6 heteroatoms. The van der Waals surface area contributed by atoms with Gasteiger partial charge < -0.3 is 20.7 Å². The summed E-state index contributed by atoms with van der Waals surface area (Å²) < 4.78 is 5.22. The molecule has 1 aliphatic heterocycles. The minimum absolute atomic E-state index is 0.137. The van der Waals surface area contributed by atoms with Crippen LogP contribution in [0.2, 0.25) is 0 Å². The van der Waals surface area contributed by atoms with Crippen LogP contribution in [0.4, 0.5) is 11.4 Å². The monoisotopic (exact) mass is 288 g/mol. The maximum Gasteiger partial charge on any atom is 0.224 e. The summed E-state index contributed by atoms with van der Waals surface area (Å²) in [7, 11) is 0. The van der Waals surface area contributed by atoms with Crippen LogP contribution < -0.4 is 11.1 Å². The molecule has 112 valence electrons. The summed E-state index contributed by atoms with van der Waals surface area (Å²) in [6, 6.07) is 7.58. The molecule has 1 heterocycles. The molecule has 1 saturated heterocycles. The standard InChI is InChI=1S/C15H20N4O2/c16-5-3-12-11-13(1-2-14(12)17)18-6-4-15(20)19-7-9-21-10-8-19/h1-2,11,18H,3-4,6-10,17H2. The van der Waals surface area contributed by atoms with E-state index in [9.17, 15) is 4.79 Å². The number of nitrogens with one attached hydrogen (secondary N) is 1. The summed E-state index contributed by atoms with van der Waals surface area (Å²) in [6.45, 7) is 3.15. The number of benzene rings is 1. The largest absolute Gasteiger partial charge is 0.398 e. The second-order valence-electron chi connectivity index (χ2n) is 4.92. The first kappa shape index (κ1) is 15.1. The van der Waals surface area contributed by atoms with Gasteiger partial charge in [0.25, 0.3) is 0 Å². The number of nitrogen functional groups attached to an aromatic ring is 1. The van der Waals surface area contributed by atoms with Gasteiger partial charge in [-0.3, -0.25) is 4.79 Å². The Hall–Kier alpha value is -2.26. The number of ether oxygens (including phenoxy) is 1. The Morgan fingerprint density at radius 2 is 2.19 bits per heavy atom. The molecule has 6 nitrogen and oxygen atoms in total. The topological polar surface area (TPSA) is 91.4 Å². The number of hydrogen-bond acceptors (Lipinski definition) is 5. The molecule has 1 fully saturated rings. The summed E-state index contributed by atoms with van der Waals surface area (Å²) >= 11 is 0. The lowest BCUT2D eigenvalue weighted by Gasteiger charge is -2.26. The first-order valence-corrected chi connectivity index (χ1v) is 7.05. The molecule has 0 aromatic heterocycles. The number of hydrogen-bond donors (Lipinski definition) is 2. The van der Waals surface area contributed by atoms with E-state index in [1.54, 1.807) is 6.07 Å². The third-order valence-electron chi connectivity index (χ3n) is 3.44. The minimum Gasteiger partial charge on any atom is -0.398 e. The highest BCUT2D eigenvalue weighted by molar-refractivity contribution is 5.76. The molecule has 0 bridgehead atoms. The van der Waals surface area contributed by atoms with Crippen molar-refractivity contribution >= 4 is 17.3 Å². The van der Waals surface area contributed by atoms with E-state index in [-0.39, 0.29) is 12.3 Å². The zero-order chi connectivity index (χ0) is 15.1. The number of anilines is 2. The number of amides is 1. The number of nitriles is 1. The fraction of sp³-hybridized carbons (Fsp3) is 0.467. The second kappa shape index (κ2) is 7.50. The van der Waals surface area contributed by atoms with Crippen LogP contribution in [-0.2, 0) is 16.0 Å². The number of morpholine rings is 1. The summed E-state index contributed by atoms with van der Waals surface area (Å²) in [5.41, 5.74) is 8.10. The van der Waals surface area contributed by atoms with Crippen molar-refractivity contribution in [3.05, 3.63) is 23.8 Å². The van der Waals surface area contributed by atoms with Gasteiger partial charge in [-0.05, 0) is 23.8 Å². The Labute approximate surface area is 124 Å². The Morgan fingerprint density at radius 1 is 1.43 bits per heavy atom. The number of nitrogens with two attached hydrogens (primary N) is 1. The van der Waals surface area contributed by atoms with Crippen molar-refractivity contribution in [2.75, 3.05) is 43.9 Å². The zero-order valence-electron chi connectivity index (χ0n) is 12.0. The van der Waals surface area contributed by atoms with Gasteiger partial charge in [-0.25, -0.2) is 0 Å². The van der Waals surface area contributed by atoms with E-state index in [4.69, 9.17) is 15.7 Å². The molecule has 0 saturated carbocycles. The Balaban J connectivity index is 1.81. The predicted molar refractivity (Wildman–Crippen MR) is 80.7 cm³/mol. The first-order chi connectivity index (χ1) is 10.2. The first-order valence-electron chi connectivity index (χ1n) is 7.05. The highest BCUT2D eigenvalue weighted by Gasteiger charge is 2.15. The van der Waals surface area contributed by atoms with Crippen molar-refractivity contribution in [3.63, 3.8) is 0 Å². The van der Waals surface area contributed by atoms with E-state index in [2.05, 4.69) is 11.4 Å². The van der Waals surface area contributed by atoms with Gasteiger partial charge >= 0.3 is 0 Å². The molecule has 21 heavy (non-hydrogen) atoms. The van der Waals surface area contributed by atoms with Gasteiger partial charge in [0.2, 0.25) is 5.91 Å². The highest BCUT2D eigenvalue weighted by atomic mass is 16.5. The van der Waals surface area contributed by atoms with Crippen LogP contribution >= 0.6 is 0 Å². The van der Waals surface area contributed by atoms with Gasteiger partial charge in [-0.2, -0.15) is 5.26 Å². The van der Waals surface area contributed by atoms with Gasteiger partial charge in [-0.15, -0.1) is 0 Å². The maximum atomic E-state index is 12.0. The van der Waals surface area contributed by atoms with E-state index in [1.165, 1.54) is 0 Å². The van der Waals surface area contributed by atoms with Crippen molar-refractivity contribution in [3.8, 4) is 6.07 Å². The lowest BCUT2D eigenvalue weighted by atomic mass is 10.1. The number of carbonyl (C=O) groups excluding carboxylic acids is 1. The Morgan fingerprint density at radius 3 is 2.90 bits per heavy atom. The molecule has 3 N–H and O–H groups in total. The van der Waals surface area contributed by atoms with Crippen molar-refractivity contribution in [2.45, 2.75) is 12.8 Å². The van der Waals surface area contributed by atoms with E-state index >= 15 is 0 Å². The van der Waals surface area contributed by atoms with E-state index in [0.717, 1.165) is 11.3 Å². The molecule has 0 spiro atoms. The van der Waals surface area contributed by atoms with Gasteiger partial charge in [0, 0.05) is 37.4 Å². The summed E-state index contributed by atoms with van der Waals surface area (Å²) in [5, 5.41) is 11.9. The molecular formula is C15H20N4O2. The van der Waals surface area contributed by atoms with E-state index in [0.29, 0.717) is 45.0 Å². The van der Waals surface area contributed by atoms with Gasteiger partial charge in [0.1, 0.15) is 0 Å². The third kappa shape index (κ3) is 4.36. The predicted octanol–water partition coefficient (Wildman–Crippen LogP) is 0.996. The normalized spacial score (nSPS) is 14.5. The summed E-state index contributed by atoms with van der Waals surface area (Å²) in [4.78, 5) is 13.8. The number of rotatable bonds is 5. The molecule has 0 unspecified atom stereocenters. The van der Waals surface area contributed by atoms with Crippen molar-refractivity contribution < 1.29 is 9.53 Å². The molecule has 1 amide bonds. The van der Waals surface area contributed by atoms with Gasteiger partial charge in [-0.1, -0.05) is 0 Å².